The van der Waals surface area contributed by atoms with E-state index in [9.17, 15) is 9.59 Å². The van der Waals surface area contributed by atoms with Gasteiger partial charge in [-0.25, -0.2) is 4.79 Å². The first kappa shape index (κ1) is 19.6. The van der Waals surface area contributed by atoms with Crippen LogP contribution in [-0.2, 0) is 19.6 Å². The predicted molar refractivity (Wildman–Crippen MR) is 109 cm³/mol. The molecule has 0 aliphatic rings. The molecule has 0 unspecified atom stereocenters. The summed E-state index contributed by atoms with van der Waals surface area (Å²) in [6.45, 7) is 2.82. The van der Waals surface area contributed by atoms with Crippen molar-refractivity contribution in [1.82, 2.24) is 14.1 Å². The Balaban J connectivity index is 1.93. The molecule has 7 heteroatoms. The van der Waals surface area contributed by atoms with Crippen molar-refractivity contribution < 1.29 is 5.11 Å². The Hall–Kier alpha value is -3.19. The zero-order valence-corrected chi connectivity index (χ0v) is 15.8. The van der Waals surface area contributed by atoms with E-state index in [-0.39, 0.29) is 25.3 Å². The minimum absolute atomic E-state index is 0.0901. The lowest BCUT2D eigenvalue weighted by Crippen LogP contribution is -2.41. The van der Waals surface area contributed by atoms with Gasteiger partial charge in [0.05, 0.1) is 12.2 Å². The lowest BCUT2D eigenvalue weighted by Gasteiger charge is -2.14. The normalized spacial score (nSPS) is 10.8. The van der Waals surface area contributed by atoms with Gasteiger partial charge in [0.2, 0.25) is 0 Å². The number of anilines is 1. The highest BCUT2D eigenvalue weighted by Crippen LogP contribution is 2.07. The fraction of sp³-hybridized carbons (Fsp3) is 0.286. The van der Waals surface area contributed by atoms with Crippen molar-refractivity contribution >= 4 is 5.69 Å². The molecule has 2 aromatic heterocycles. The molecule has 0 aliphatic carbocycles. The van der Waals surface area contributed by atoms with Gasteiger partial charge in [0.1, 0.15) is 5.69 Å². The van der Waals surface area contributed by atoms with Crippen molar-refractivity contribution in [3.05, 3.63) is 92.5 Å². The van der Waals surface area contributed by atoms with Crippen molar-refractivity contribution in [1.29, 1.82) is 0 Å². The third kappa shape index (κ3) is 4.75. The molecule has 0 saturated heterocycles. The SMILES string of the molecule is Cc1ccc(CNc2cn(Cc3ccccn3)c(=O)n(CCCO)c2=O)cc1. The van der Waals surface area contributed by atoms with Gasteiger partial charge < -0.3 is 10.4 Å². The third-order valence-corrected chi connectivity index (χ3v) is 4.44. The number of hydrogen-bond donors (Lipinski definition) is 2. The van der Waals surface area contributed by atoms with Crippen LogP contribution in [0.5, 0.6) is 0 Å². The summed E-state index contributed by atoms with van der Waals surface area (Å²) in [6.07, 6.45) is 3.54. The number of aliphatic hydroxyl groups excluding tert-OH is 1. The van der Waals surface area contributed by atoms with Crippen LogP contribution in [0.3, 0.4) is 0 Å². The summed E-state index contributed by atoms with van der Waals surface area (Å²) in [5.41, 5.74) is 2.47. The molecule has 0 fully saturated rings. The lowest BCUT2D eigenvalue weighted by atomic mass is 10.1. The van der Waals surface area contributed by atoms with E-state index in [0.717, 1.165) is 15.8 Å². The largest absolute Gasteiger partial charge is 0.396 e. The molecule has 146 valence electrons. The van der Waals surface area contributed by atoms with Crippen LogP contribution in [0.1, 0.15) is 23.2 Å². The molecule has 0 saturated carbocycles. The number of aliphatic hydroxyl groups is 1. The number of benzene rings is 1. The van der Waals surface area contributed by atoms with E-state index >= 15 is 0 Å². The van der Waals surface area contributed by atoms with E-state index < -0.39 is 5.69 Å². The average molecular weight is 380 g/mol. The van der Waals surface area contributed by atoms with Crippen LogP contribution in [0, 0.1) is 6.92 Å². The zero-order chi connectivity index (χ0) is 19.9. The summed E-state index contributed by atoms with van der Waals surface area (Å²) >= 11 is 0. The molecule has 0 radical (unpaired) electrons. The van der Waals surface area contributed by atoms with Crippen LogP contribution in [-0.4, -0.2) is 25.8 Å². The Morgan fingerprint density at radius 1 is 1.11 bits per heavy atom. The number of rotatable bonds is 8. The molecule has 0 bridgehead atoms. The summed E-state index contributed by atoms with van der Waals surface area (Å²) in [5, 5.41) is 12.3. The van der Waals surface area contributed by atoms with E-state index in [4.69, 9.17) is 5.11 Å². The van der Waals surface area contributed by atoms with Crippen LogP contribution in [0.4, 0.5) is 5.69 Å². The van der Waals surface area contributed by atoms with Crippen LogP contribution >= 0.6 is 0 Å². The fourth-order valence-electron chi connectivity index (χ4n) is 2.88. The number of aromatic nitrogens is 3. The minimum Gasteiger partial charge on any atom is -0.396 e. The maximum absolute atomic E-state index is 12.8. The molecule has 0 aliphatic heterocycles. The minimum atomic E-state index is -0.412. The molecule has 28 heavy (non-hydrogen) atoms. The first-order valence-electron chi connectivity index (χ1n) is 9.23. The van der Waals surface area contributed by atoms with Crippen molar-refractivity contribution in [3.63, 3.8) is 0 Å². The Morgan fingerprint density at radius 2 is 1.89 bits per heavy atom. The van der Waals surface area contributed by atoms with Crippen molar-refractivity contribution in [2.24, 2.45) is 0 Å². The third-order valence-electron chi connectivity index (χ3n) is 4.44. The van der Waals surface area contributed by atoms with Crippen LogP contribution in [0.25, 0.3) is 0 Å². The molecular weight excluding hydrogens is 356 g/mol. The zero-order valence-electron chi connectivity index (χ0n) is 15.8. The Morgan fingerprint density at radius 3 is 2.57 bits per heavy atom. The number of nitrogens with zero attached hydrogens (tertiary/aromatic N) is 3. The van der Waals surface area contributed by atoms with Gasteiger partial charge in [0.15, 0.2) is 0 Å². The van der Waals surface area contributed by atoms with Crippen molar-refractivity contribution in [2.75, 3.05) is 11.9 Å². The Labute approximate surface area is 162 Å². The molecule has 1 aromatic carbocycles. The highest BCUT2D eigenvalue weighted by Gasteiger charge is 2.12. The fourth-order valence-corrected chi connectivity index (χ4v) is 2.88. The van der Waals surface area contributed by atoms with Gasteiger partial charge in [0.25, 0.3) is 5.56 Å². The molecule has 0 atom stereocenters. The lowest BCUT2D eigenvalue weighted by molar-refractivity contribution is 0.277. The standard InChI is InChI=1S/C21H24N4O3/c1-16-6-8-17(9-7-16)13-23-19-15-24(14-18-5-2-3-10-22-18)21(28)25(20(19)27)11-4-12-26/h2-3,5-10,15,23,26H,4,11-14H2,1H3. The molecule has 2 heterocycles. The molecule has 7 nitrogen and oxygen atoms in total. The van der Waals surface area contributed by atoms with Gasteiger partial charge >= 0.3 is 5.69 Å². The van der Waals surface area contributed by atoms with Crippen LogP contribution in [0.15, 0.2) is 64.4 Å². The maximum atomic E-state index is 12.8. The van der Waals surface area contributed by atoms with Gasteiger partial charge in [-0.15, -0.1) is 0 Å². The summed E-state index contributed by atoms with van der Waals surface area (Å²) < 4.78 is 2.63. The summed E-state index contributed by atoms with van der Waals surface area (Å²) in [6, 6.07) is 13.5. The monoisotopic (exact) mass is 380 g/mol. The predicted octanol–water partition coefficient (Wildman–Crippen LogP) is 1.76. The van der Waals surface area contributed by atoms with E-state index in [1.165, 1.54) is 10.1 Å². The number of nitrogens with one attached hydrogen (secondary N) is 1. The van der Waals surface area contributed by atoms with Gasteiger partial charge in [0, 0.05) is 32.1 Å². The molecule has 2 N–H and O–H groups in total. The smallest absolute Gasteiger partial charge is 0.331 e. The molecule has 3 aromatic rings. The van der Waals surface area contributed by atoms with Gasteiger partial charge in [-0.2, -0.15) is 0 Å². The number of pyridine rings is 1. The van der Waals surface area contributed by atoms with Crippen molar-refractivity contribution in [2.45, 2.75) is 33.0 Å². The highest BCUT2D eigenvalue weighted by molar-refractivity contribution is 5.39. The van der Waals surface area contributed by atoms with Crippen molar-refractivity contribution in [3.8, 4) is 0 Å². The maximum Gasteiger partial charge on any atom is 0.331 e. The Bertz CT molecular complexity index is 1020. The second kappa shape index (κ2) is 9.14. The number of aryl methyl sites for hydroxylation is 1. The first-order chi connectivity index (χ1) is 13.6. The first-order valence-corrected chi connectivity index (χ1v) is 9.23. The van der Waals surface area contributed by atoms with Crippen LogP contribution < -0.4 is 16.6 Å². The topological polar surface area (TPSA) is 89.2 Å². The van der Waals surface area contributed by atoms with E-state index in [1.54, 1.807) is 12.4 Å². The highest BCUT2D eigenvalue weighted by atomic mass is 16.3. The van der Waals surface area contributed by atoms with Gasteiger partial charge in [-0.1, -0.05) is 35.9 Å². The molecule has 0 spiro atoms. The van der Waals surface area contributed by atoms with Crippen LogP contribution in [0.2, 0.25) is 0 Å². The summed E-state index contributed by atoms with van der Waals surface area (Å²) in [5.74, 6) is 0. The molecule has 0 amide bonds. The quantitative estimate of drug-likeness (QED) is 0.622. The van der Waals surface area contributed by atoms with E-state index in [0.29, 0.717) is 18.7 Å². The molecular formula is C21H24N4O3. The summed E-state index contributed by atoms with van der Waals surface area (Å²) in [4.78, 5) is 29.8. The van der Waals surface area contributed by atoms with E-state index in [1.807, 2.05) is 49.4 Å². The number of hydrogen-bond acceptors (Lipinski definition) is 5. The summed E-state index contributed by atoms with van der Waals surface area (Å²) in [7, 11) is 0. The van der Waals surface area contributed by atoms with Gasteiger partial charge in [-0.3, -0.25) is 18.9 Å². The second-order valence-corrected chi connectivity index (χ2v) is 6.65. The van der Waals surface area contributed by atoms with E-state index in [2.05, 4.69) is 10.3 Å². The van der Waals surface area contributed by atoms with Gasteiger partial charge in [-0.05, 0) is 31.0 Å². The average Bonchev–Trinajstić information content (AvgIpc) is 2.71. The second-order valence-electron chi connectivity index (χ2n) is 6.65. The molecule has 3 rings (SSSR count). The Kier molecular flexibility index (Phi) is 6.39.